The van der Waals surface area contributed by atoms with Gasteiger partial charge < -0.3 is 4.98 Å². The molecule has 0 amide bonds. The van der Waals surface area contributed by atoms with Crippen LogP contribution < -0.4 is 0 Å². The number of aromatic amines is 1. The summed E-state index contributed by atoms with van der Waals surface area (Å²) in [6.45, 7) is 1.51. The van der Waals surface area contributed by atoms with Crippen molar-refractivity contribution in [3.8, 4) is 0 Å². The van der Waals surface area contributed by atoms with E-state index in [1.54, 1.807) is 18.3 Å². The lowest BCUT2D eigenvalue weighted by atomic mass is 10.3. The van der Waals surface area contributed by atoms with Gasteiger partial charge in [0.25, 0.3) is 0 Å². The second-order valence-electron chi connectivity index (χ2n) is 2.83. The Morgan fingerprint density at radius 1 is 1.54 bits per heavy atom. The van der Waals surface area contributed by atoms with Crippen LogP contribution in [0.4, 0.5) is 0 Å². The molecule has 4 heteroatoms. The Bertz CT molecular complexity index is 475. The van der Waals surface area contributed by atoms with Gasteiger partial charge in [0.2, 0.25) is 0 Å². The van der Waals surface area contributed by atoms with Crippen LogP contribution in [0.1, 0.15) is 17.4 Å². The quantitative estimate of drug-likeness (QED) is 0.709. The van der Waals surface area contributed by atoms with Gasteiger partial charge in [-0.15, -0.1) is 0 Å². The van der Waals surface area contributed by atoms with Crippen LogP contribution in [0.15, 0.2) is 18.3 Å². The monoisotopic (exact) mass is 194 g/mol. The molecule has 13 heavy (non-hydrogen) atoms. The number of ketones is 1. The molecule has 0 aromatic carbocycles. The third-order valence-corrected chi connectivity index (χ3v) is 2.02. The minimum Gasteiger partial charge on any atom is -0.351 e. The van der Waals surface area contributed by atoms with Gasteiger partial charge in [-0.05, 0) is 12.1 Å². The van der Waals surface area contributed by atoms with Gasteiger partial charge in [0.1, 0.15) is 0 Å². The molecule has 0 aliphatic carbocycles. The summed E-state index contributed by atoms with van der Waals surface area (Å²) in [5.74, 6) is -0.00544. The summed E-state index contributed by atoms with van der Waals surface area (Å²) in [4.78, 5) is 18.0. The van der Waals surface area contributed by atoms with Crippen molar-refractivity contribution in [2.75, 3.05) is 0 Å². The second-order valence-corrected chi connectivity index (χ2v) is 3.26. The number of aromatic nitrogens is 2. The molecular weight excluding hydrogens is 188 g/mol. The van der Waals surface area contributed by atoms with E-state index in [0.29, 0.717) is 10.7 Å². The van der Waals surface area contributed by atoms with E-state index in [-0.39, 0.29) is 5.78 Å². The molecule has 0 atom stereocenters. The van der Waals surface area contributed by atoms with Crippen LogP contribution in [0.5, 0.6) is 0 Å². The molecule has 0 aliphatic rings. The van der Waals surface area contributed by atoms with Crippen molar-refractivity contribution in [2.24, 2.45) is 0 Å². The smallest absolute Gasteiger partial charge is 0.176 e. The Morgan fingerprint density at radius 2 is 2.31 bits per heavy atom. The summed E-state index contributed by atoms with van der Waals surface area (Å²) in [7, 11) is 0. The Morgan fingerprint density at radius 3 is 3.00 bits per heavy atom. The third-order valence-electron chi connectivity index (χ3n) is 1.81. The Hall–Kier alpha value is -1.35. The first-order valence-corrected chi connectivity index (χ1v) is 4.20. The van der Waals surface area contributed by atoms with Crippen LogP contribution in [-0.2, 0) is 0 Å². The maximum atomic E-state index is 11.0. The maximum Gasteiger partial charge on any atom is 0.176 e. The lowest BCUT2D eigenvalue weighted by molar-refractivity contribution is 0.101. The number of pyridine rings is 1. The zero-order valence-electron chi connectivity index (χ0n) is 6.97. The van der Waals surface area contributed by atoms with E-state index in [4.69, 9.17) is 11.6 Å². The first kappa shape index (κ1) is 8.26. The molecule has 1 N–H and O–H groups in total. The summed E-state index contributed by atoms with van der Waals surface area (Å²) < 4.78 is 0. The average Bonchev–Trinajstić information content (AvgIpc) is 2.46. The Balaban J connectivity index is 2.68. The SMILES string of the molecule is CC(=O)c1cc2ncc(Cl)cc2[nH]1. The van der Waals surface area contributed by atoms with Gasteiger partial charge in [-0.1, -0.05) is 11.6 Å². The van der Waals surface area contributed by atoms with Crippen molar-refractivity contribution in [1.29, 1.82) is 0 Å². The lowest BCUT2D eigenvalue weighted by Gasteiger charge is -1.88. The minimum absolute atomic E-state index is 0.00544. The van der Waals surface area contributed by atoms with E-state index in [0.717, 1.165) is 11.0 Å². The Labute approximate surface area is 79.7 Å². The number of fused-ring (bicyclic) bond motifs is 1. The van der Waals surface area contributed by atoms with E-state index < -0.39 is 0 Å². The van der Waals surface area contributed by atoms with Crippen molar-refractivity contribution in [3.63, 3.8) is 0 Å². The summed E-state index contributed by atoms with van der Waals surface area (Å²) in [6.07, 6.45) is 1.56. The Kier molecular flexibility index (Phi) is 1.81. The van der Waals surface area contributed by atoms with Crippen LogP contribution in [-0.4, -0.2) is 15.8 Å². The van der Waals surface area contributed by atoms with Crippen molar-refractivity contribution < 1.29 is 4.79 Å². The number of nitrogens with zero attached hydrogens (tertiary/aromatic N) is 1. The highest BCUT2D eigenvalue weighted by Gasteiger charge is 2.05. The number of hydrogen-bond donors (Lipinski definition) is 1. The van der Waals surface area contributed by atoms with Gasteiger partial charge in [-0.2, -0.15) is 0 Å². The van der Waals surface area contributed by atoms with Crippen molar-refractivity contribution in [1.82, 2.24) is 9.97 Å². The van der Waals surface area contributed by atoms with E-state index in [1.165, 1.54) is 6.92 Å². The lowest BCUT2D eigenvalue weighted by Crippen LogP contribution is -1.89. The zero-order valence-corrected chi connectivity index (χ0v) is 7.72. The molecule has 0 spiro atoms. The molecule has 2 aromatic rings. The predicted molar refractivity (Wildman–Crippen MR) is 51.1 cm³/mol. The maximum absolute atomic E-state index is 11.0. The number of carbonyl (C=O) groups excluding carboxylic acids is 1. The highest BCUT2D eigenvalue weighted by Crippen LogP contribution is 2.17. The fourth-order valence-electron chi connectivity index (χ4n) is 1.17. The normalized spacial score (nSPS) is 10.6. The molecule has 0 bridgehead atoms. The highest BCUT2D eigenvalue weighted by atomic mass is 35.5. The predicted octanol–water partition coefficient (Wildman–Crippen LogP) is 2.42. The molecular formula is C9H7ClN2O. The fourth-order valence-corrected chi connectivity index (χ4v) is 1.33. The largest absolute Gasteiger partial charge is 0.351 e. The molecule has 3 nitrogen and oxygen atoms in total. The standard InChI is InChI=1S/C9H7ClN2O/c1-5(13)7-3-8-9(12-7)2-6(10)4-11-8/h2-4,12H,1H3. The van der Waals surface area contributed by atoms with Gasteiger partial charge in [0.15, 0.2) is 5.78 Å². The van der Waals surface area contributed by atoms with Crippen molar-refractivity contribution in [3.05, 3.63) is 29.0 Å². The number of nitrogens with one attached hydrogen (secondary N) is 1. The summed E-state index contributed by atoms with van der Waals surface area (Å²) in [5.41, 5.74) is 2.11. The van der Waals surface area contributed by atoms with E-state index in [1.807, 2.05) is 0 Å². The van der Waals surface area contributed by atoms with Gasteiger partial charge in [0, 0.05) is 13.1 Å². The van der Waals surface area contributed by atoms with E-state index in [2.05, 4.69) is 9.97 Å². The van der Waals surface area contributed by atoms with Crippen LogP contribution in [0.2, 0.25) is 5.02 Å². The second kappa shape index (κ2) is 2.85. The van der Waals surface area contributed by atoms with Crippen LogP contribution in [0, 0.1) is 0 Å². The van der Waals surface area contributed by atoms with E-state index >= 15 is 0 Å². The van der Waals surface area contributed by atoms with E-state index in [9.17, 15) is 4.79 Å². The van der Waals surface area contributed by atoms with Crippen LogP contribution in [0.3, 0.4) is 0 Å². The molecule has 0 fully saturated rings. The number of carbonyl (C=O) groups is 1. The number of Topliss-reactive ketones (excluding diaryl/α,β-unsaturated/α-hetero) is 1. The number of H-pyrrole nitrogens is 1. The van der Waals surface area contributed by atoms with Gasteiger partial charge in [0.05, 0.1) is 21.7 Å². The number of hydrogen-bond acceptors (Lipinski definition) is 2. The molecule has 66 valence electrons. The van der Waals surface area contributed by atoms with Gasteiger partial charge in [-0.25, -0.2) is 0 Å². The first-order valence-electron chi connectivity index (χ1n) is 3.82. The summed E-state index contributed by atoms with van der Waals surface area (Å²) in [5, 5.41) is 0.560. The van der Waals surface area contributed by atoms with Crippen molar-refractivity contribution >= 4 is 28.4 Å². The minimum atomic E-state index is -0.00544. The molecule has 0 saturated carbocycles. The molecule has 2 rings (SSSR count). The zero-order chi connectivity index (χ0) is 9.42. The fraction of sp³-hybridized carbons (Fsp3) is 0.111. The molecule has 0 saturated heterocycles. The average molecular weight is 195 g/mol. The number of rotatable bonds is 1. The number of halogens is 1. The third kappa shape index (κ3) is 1.42. The van der Waals surface area contributed by atoms with Crippen molar-refractivity contribution in [2.45, 2.75) is 6.92 Å². The first-order chi connectivity index (χ1) is 6.16. The molecule has 2 aromatic heterocycles. The molecule has 0 unspecified atom stereocenters. The van der Waals surface area contributed by atoms with Crippen LogP contribution in [0.25, 0.3) is 11.0 Å². The molecule has 2 heterocycles. The topological polar surface area (TPSA) is 45.8 Å². The molecule has 0 aliphatic heterocycles. The van der Waals surface area contributed by atoms with Crippen LogP contribution >= 0.6 is 11.6 Å². The summed E-state index contributed by atoms with van der Waals surface area (Å²) >= 11 is 5.74. The summed E-state index contributed by atoms with van der Waals surface area (Å²) in [6, 6.07) is 3.46. The highest BCUT2D eigenvalue weighted by molar-refractivity contribution is 6.31. The van der Waals surface area contributed by atoms with Gasteiger partial charge in [-0.3, -0.25) is 9.78 Å². The molecule has 0 radical (unpaired) electrons. The van der Waals surface area contributed by atoms with Gasteiger partial charge >= 0.3 is 0 Å².